The lowest BCUT2D eigenvalue weighted by Gasteiger charge is -2.09. The second-order valence-electron chi connectivity index (χ2n) is 4.50. The fraction of sp³-hybridized carbons (Fsp3) is 0.133. The van der Waals surface area contributed by atoms with Crippen molar-refractivity contribution >= 4 is 17.7 Å². The van der Waals surface area contributed by atoms with Gasteiger partial charge in [-0.15, -0.1) is 0 Å². The number of hydrogen-bond donors (Lipinski definition) is 3. The van der Waals surface area contributed by atoms with Gasteiger partial charge in [0, 0.05) is 24.6 Å². The third-order valence-electron chi connectivity index (χ3n) is 2.94. The zero-order chi connectivity index (χ0) is 15.2. The standard InChI is InChI=1S/C15H15N3O3/c1-10-8-16-6-5-12(10)9-17-15(21)18-13-4-2-3-11(7-13)14(19)20/h2-8H,9H2,1H3,(H,19,20)(H2,17,18,21). The van der Waals surface area contributed by atoms with E-state index in [1.165, 1.54) is 12.1 Å². The molecule has 1 aromatic heterocycles. The summed E-state index contributed by atoms with van der Waals surface area (Å²) in [5.74, 6) is -1.04. The first-order valence-corrected chi connectivity index (χ1v) is 6.34. The number of aryl methyl sites for hydroxylation is 1. The normalized spacial score (nSPS) is 9.95. The summed E-state index contributed by atoms with van der Waals surface area (Å²) in [5.41, 5.74) is 2.52. The minimum absolute atomic E-state index is 0.123. The minimum atomic E-state index is -1.04. The lowest BCUT2D eigenvalue weighted by atomic mass is 10.1. The average molecular weight is 285 g/mol. The number of rotatable bonds is 4. The number of anilines is 1. The van der Waals surface area contributed by atoms with Crippen LogP contribution in [0.3, 0.4) is 0 Å². The molecule has 108 valence electrons. The summed E-state index contributed by atoms with van der Waals surface area (Å²) in [6, 6.07) is 7.51. The third-order valence-corrected chi connectivity index (χ3v) is 2.94. The molecule has 2 amide bonds. The van der Waals surface area contributed by atoms with Gasteiger partial charge in [0.2, 0.25) is 0 Å². The van der Waals surface area contributed by atoms with Gasteiger partial charge in [0.25, 0.3) is 0 Å². The van der Waals surface area contributed by atoms with Crippen molar-refractivity contribution in [2.75, 3.05) is 5.32 Å². The topological polar surface area (TPSA) is 91.3 Å². The molecule has 6 nitrogen and oxygen atoms in total. The highest BCUT2D eigenvalue weighted by Gasteiger charge is 2.06. The first-order chi connectivity index (χ1) is 10.1. The fourth-order valence-corrected chi connectivity index (χ4v) is 1.78. The van der Waals surface area contributed by atoms with Crippen molar-refractivity contribution in [3.05, 3.63) is 59.4 Å². The SMILES string of the molecule is Cc1cnccc1CNC(=O)Nc1cccc(C(=O)O)c1. The molecule has 0 bridgehead atoms. The molecule has 0 fully saturated rings. The van der Waals surface area contributed by atoms with Crippen LogP contribution in [0.15, 0.2) is 42.7 Å². The summed E-state index contributed by atoms with van der Waals surface area (Å²) in [6.45, 7) is 2.29. The number of nitrogens with zero attached hydrogens (tertiary/aromatic N) is 1. The molecule has 2 aromatic rings. The van der Waals surface area contributed by atoms with Crippen molar-refractivity contribution < 1.29 is 14.7 Å². The van der Waals surface area contributed by atoms with E-state index in [-0.39, 0.29) is 5.56 Å². The summed E-state index contributed by atoms with van der Waals surface area (Å²) < 4.78 is 0. The second-order valence-corrected chi connectivity index (χ2v) is 4.50. The van der Waals surface area contributed by atoms with Crippen LogP contribution in [0, 0.1) is 6.92 Å². The van der Waals surface area contributed by atoms with Gasteiger partial charge in [-0.25, -0.2) is 9.59 Å². The maximum absolute atomic E-state index is 11.8. The van der Waals surface area contributed by atoms with Crippen molar-refractivity contribution in [1.82, 2.24) is 10.3 Å². The monoisotopic (exact) mass is 285 g/mol. The average Bonchev–Trinajstić information content (AvgIpc) is 2.46. The predicted molar refractivity (Wildman–Crippen MR) is 78.2 cm³/mol. The number of urea groups is 1. The highest BCUT2D eigenvalue weighted by atomic mass is 16.4. The molecule has 0 aliphatic rings. The van der Waals surface area contributed by atoms with E-state index in [0.29, 0.717) is 12.2 Å². The molecule has 0 atom stereocenters. The number of nitrogens with one attached hydrogen (secondary N) is 2. The van der Waals surface area contributed by atoms with Gasteiger partial charge in [-0.3, -0.25) is 4.98 Å². The van der Waals surface area contributed by atoms with E-state index < -0.39 is 12.0 Å². The van der Waals surface area contributed by atoms with Crippen LogP contribution in [0.2, 0.25) is 0 Å². The Morgan fingerprint density at radius 1 is 1.29 bits per heavy atom. The van der Waals surface area contributed by atoms with E-state index in [2.05, 4.69) is 15.6 Å². The van der Waals surface area contributed by atoms with Crippen LogP contribution in [0.25, 0.3) is 0 Å². The number of carbonyl (C=O) groups is 2. The van der Waals surface area contributed by atoms with Gasteiger partial charge < -0.3 is 15.7 Å². The Kier molecular flexibility index (Phi) is 4.50. The van der Waals surface area contributed by atoms with Crippen LogP contribution in [0.1, 0.15) is 21.5 Å². The molecule has 0 saturated heterocycles. The fourth-order valence-electron chi connectivity index (χ4n) is 1.78. The van der Waals surface area contributed by atoms with Gasteiger partial charge >= 0.3 is 12.0 Å². The number of carboxylic acid groups (broad SMARTS) is 1. The van der Waals surface area contributed by atoms with Crippen LogP contribution in [-0.2, 0) is 6.54 Å². The molecule has 3 N–H and O–H groups in total. The number of amides is 2. The Balaban J connectivity index is 1.95. The zero-order valence-corrected chi connectivity index (χ0v) is 11.5. The van der Waals surface area contributed by atoms with Crippen LogP contribution < -0.4 is 10.6 Å². The Bertz CT molecular complexity index is 671. The molecule has 0 unspecified atom stereocenters. The van der Waals surface area contributed by atoms with E-state index in [9.17, 15) is 9.59 Å². The summed E-state index contributed by atoms with van der Waals surface area (Å²) in [5, 5.41) is 14.2. The number of carboxylic acids is 1. The molecule has 0 aliphatic heterocycles. The molecule has 1 aromatic carbocycles. The van der Waals surface area contributed by atoms with E-state index in [4.69, 9.17) is 5.11 Å². The molecule has 21 heavy (non-hydrogen) atoms. The molecular formula is C15H15N3O3. The molecule has 0 saturated carbocycles. The minimum Gasteiger partial charge on any atom is -0.478 e. The number of benzene rings is 1. The summed E-state index contributed by atoms with van der Waals surface area (Å²) in [7, 11) is 0. The summed E-state index contributed by atoms with van der Waals surface area (Å²) in [4.78, 5) is 26.6. The number of hydrogen-bond acceptors (Lipinski definition) is 3. The number of aromatic carboxylic acids is 1. The van der Waals surface area contributed by atoms with Gasteiger partial charge in [-0.05, 0) is 42.3 Å². The Labute approximate surface area is 121 Å². The first kappa shape index (κ1) is 14.5. The number of carbonyl (C=O) groups excluding carboxylic acids is 1. The van der Waals surface area contributed by atoms with Crippen molar-refractivity contribution in [2.45, 2.75) is 13.5 Å². The molecule has 0 spiro atoms. The predicted octanol–water partition coefficient (Wildman–Crippen LogP) is 2.41. The van der Waals surface area contributed by atoms with Gasteiger partial charge in [0.1, 0.15) is 0 Å². The maximum Gasteiger partial charge on any atom is 0.335 e. The van der Waals surface area contributed by atoms with E-state index in [0.717, 1.165) is 11.1 Å². The van der Waals surface area contributed by atoms with E-state index >= 15 is 0 Å². The number of pyridine rings is 1. The molecular weight excluding hydrogens is 270 g/mol. The first-order valence-electron chi connectivity index (χ1n) is 6.34. The van der Waals surface area contributed by atoms with Crippen LogP contribution in [0.4, 0.5) is 10.5 Å². The van der Waals surface area contributed by atoms with Crippen LogP contribution >= 0.6 is 0 Å². The molecule has 1 heterocycles. The largest absolute Gasteiger partial charge is 0.478 e. The molecule has 0 radical (unpaired) electrons. The Morgan fingerprint density at radius 2 is 2.10 bits per heavy atom. The zero-order valence-electron chi connectivity index (χ0n) is 11.5. The highest BCUT2D eigenvalue weighted by Crippen LogP contribution is 2.10. The van der Waals surface area contributed by atoms with Gasteiger partial charge in [0.05, 0.1) is 5.56 Å². The Hall–Kier alpha value is -2.89. The quantitative estimate of drug-likeness (QED) is 0.804. The van der Waals surface area contributed by atoms with Gasteiger partial charge in [-0.2, -0.15) is 0 Å². The third kappa shape index (κ3) is 4.04. The summed E-state index contributed by atoms with van der Waals surface area (Å²) >= 11 is 0. The van der Waals surface area contributed by atoms with Gasteiger partial charge in [-0.1, -0.05) is 6.07 Å². The van der Waals surface area contributed by atoms with Crippen molar-refractivity contribution in [3.63, 3.8) is 0 Å². The Morgan fingerprint density at radius 3 is 2.81 bits per heavy atom. The van der Waals surface area contributed by atoms with E-state index in [1.54, 1.807) is 24.5 Å². The van der Waals surface area contributed by atoms with Gasteiger partial charge in [0.15, 0.2) is 0 Å². The molecule has 0 aliphatic carbocycles. The van der Waals surface area contributed by atoms with E-state index in [1.807, 2.05) is 13.0 Å². The lowest BCUT2D eigenvalue weighted by molar-refractivity contribution is 0.0697. The molecule has 6 heteroatoms. The van der Waals surface area contributed by atoms with Crippen molar-refractivity contribution in [2.24, 2.45) is 0 Å². The summed E-state index contributed by atoms with van der Waals surface area (Å²) in [6.07, 6.45) is 3.39. The molecule has 2 rings (SSSR count). The number of aromatic nitrogens is 1. The maximum atomic E-state index is 11.8. The highest BCUT2D eigenvalue weighted by molar-refractivity contribution is 5.93. The van der Waals surface area contributed by atoms with Crippen LogP contribution in [-0.4, -0.2) is 22.1 Å². The lowest BCUT2D eigenvalue weighted by Crippen LogP contribution is -2.28. The van der Waals surface area contributed by atoms with Crippen LogP contribution in [0.5, 0.6) is 0 Å². The smallest absolute Gasteiger partial charge is 0.335 e. The second kappa shape index (κ2) is 6.51. The van der Waals surface area contributed by atoms with Crippen molar-refractivity contribution in [1.29, 1.82) is 0 Å². The van der Waals surface area contributed by atoms with Crippen molar-refractivity contribution in [3.8, 4) is 0 Å².